The topological polar surface area (TPSA) is 26.0 Å². The van der Waals surface area contributed by atoms with Gasteiger partial charge in [-0.2, -0.15) is 0 Å². The van der Waals surface area contributed by atoms with Gasteiger partial charge in [-0.25, -0.2) is 4.39 Å². The Balaban J connectivity index is 2.28. The molecule has 0 radical (unpaired) electrons. The lowest BCUT2D eigenvalue weighted by molar-refractivity contribution is 0.444. The van der Waals surface area contributed by atoms with Crippen LogP contribution in [0.5, 0.6) is 0 Å². The fraction of sp³-hybridized carbons (Fsp3) is 0.538. The summed E-state index contributed by atoms with van der Waals surface area (Å²) < 4.78 is 13.3. The van der Waals surface area contributed by atoms with Gasteiger partial charge in [0.15, 0.2) is 0 Å². The lowest BCUT2D eigenvalue weighted by atomic mass is 9.91. The van der Waals surface area contributed by atoms with Gasteiger partial charge >= 0.3 is 0 Å². The summed E-state index contributed by atoms with van der Waals surface area (Å²) in [6, 6.07) is 3.12. The van der Waals surface area contributed by atoms with E-state index in [-0.39, 0.29) is 11.9 Å². The maximum absolute atomic E-state index is 13.3. The van der Waals surface area contributed by atoms with Gasteiger partial charge in [0, 0.05) is 11.1 Å². The summed E-state index contributed by atoms with van der Waals surface area (Å²) in [7, 11) is 0. The van der Waals surface area contributed by atoms with Gasteiger partial charge in [-0.15, -0.1) is 0 Å². The van der Waals surface area contributed by atoms with Crippen molar-refractivity contribution in [1.29, 1.82) is 0 Å². The van der Waals surface area contributed by atoms with E-state index in [1.807, 2.05) is 0 Å². The molecule has 2 N–H and O–H groups in total. The van der Waals surface area contributed by atoms with Crippen molar-refractivity contribution < 1.29 is 4.39 Å². The van der Waals surface area contributed by atoms with E-state index in [2.05, 4.69) is 0 Å². The fourth-order valence-electron chi connectivity index (χ4n) is 2.51. The van der Waals surface area contributed by atoms with E-state index in [1.165, 1.54) is 18.9 Å². The quantitative estimate of drug-likeness (QED) is 0.833. The van der Waals surface area contributed by atoms with Gasteiger partial charge in [0.1, 0.15) is 5.82 Å². The van der Waals surface area contributed by atoms with E-state index in [0.29, 0.717) is 16.5 Å². The second-order valence-corrected chi connectivity index (χ2v) is 5.10. The van der Waals surface area contributed by atoms with E-state index in [4.69, 9.17) is 17.3 Å². The minimum absolute atomic E-state index is 0.0469. The Hall–Kier alpha value is -0.600. The van der Waals surface area contributed by atoms with Crippen LogP contribution in [-0.4, -0.2) is 0 Å². The maximum Gasteiger partial charge on any atom is 0.127 e. The SMILES string of the molecule is Cc1cc(C(N)C2CCCC2)c(Cl)cc1F. The number of rotatable bonds is 2. The highest BCUT2D eigenvalue weighted by atomic mass is 35.5. The second kappa shape index (κ2) is 4.72. The monoisotopic (exact) mass is 241 g/mol. The Morgan fingerprint density at radius 1 is 1.38 bits per heavy atom. The summed E-state index contributed by atoms with van der Waals surface area (Å²) in [5.74, 6) is 0.245. The molecule has 1 aliphatic carbocycles. The summed E-state index contributed by atoms with van der Waals surface area (Å²) in [6.45, 7) is 1.75. The highest BCUT2D eigenvalue weighted by Gasteiger charge is 2.25. The Bertz CT molecular complexity index is 386. The van der Waals surface area contributed by atoms with Gasteiger partial charge < -0.3 is 5.73 Å². The lowest BCUT2D eigenvalue weighted by Crippen LogP contribution is -2.19. The number of halogens is 2. The van der Waals surface area contributed by atoms with Gasteiger partial charge in [0.2, 0.25) is 0 Å². The molecule has 1 aromatic rings. The van der Waals surface area contributed by atoms with Crippen LogP contribution < -0.4 is 5.73 Å². The molecule has 0 saturated heterocycles. The van der Waals surface area contributed by atoms with Crippen molar-refractivity contribution in [2.45, 2.75) is 38.6 Å². The number of hydrogen-bond acceptors (Lipinski definition) is 1. The summed E-state index contributed by atoms with van der Waals surface area (Å²) in [4.78, 5) is 0. The maximum atomic E-state index is 13.3. The third-order valence-electron chi connectivity index (χ3n) is 3.54. The highest BCUT2D eigenvalue weighted by Crippen LogP contribution is 2.37. The van der Waals surface area contributed by atoms with Crippen molar-refractivity contribution in [2.75, 3.05) is 0 Å². The Morgan fingerprint density at radius 2 is 2.00 bits per heavy atom. The molecule has 2 rings (SSSR count). The standard InChI is InChI=1S/C13H17ClFN/c1-8-6-10(11(14)7-12(8)15)13(16)9-4-2-3-5-9/h6-7,9,13H,2-5,16H2,1H3. The predicted molar refractivity (Wildman–Crippen MR) is 65.0 cm³/mol. The van der Waals surface area contributed by atoms with Crippen LogP contribution in [0.1, 0.15) is 42.9 Å². The smallest absolute Gasteiger partial charge is 0.127 e. The molecule has 1 aliphatic rings. The molecule has 0 amide bonds. The van der Waals surface area contributed by atoms with Crippen molar-refractivity contribution in [2.24, 2.45) is 11.7 Å². The highest BCUT2D eigenvalue weighted by molar-refractivity contribution is 6.31. The molecule has 0 aromatic heterocycles. The van der Waals surface area contributed by atoms with E-state index in [1.54, 1.807) is 13.0 Å². The first-order chi connectivity index (χ1) is 7.59. The molecule has 1 nitrogen and oxygen atoms in total. The third kappa shape index (κ3) is 2.23. The molecule has 16 heavy (non-hydrogen) atoms. The molecule has 1 unspecified atom stereocenters. The Labute approximate surface area is 101 Å². The zero-order valence-electron chi connectivity index (χ0n) is 9.47. The third-order valence-corrected chi connectivity index (χ3v) is 3.87. The number of benzene rings is 1. The van der Waals surface area contributed by atoms with Gasteiger partial charge in [0.05, 0.1) is 0 Å². The minimum Gasteiger partial charge on any atom is -0.324 e. The fourth-order valence-corrected chi connectivity index (χ4v) is 2.78. The molecule has 0 spiro atoms. The van der Waals surface area contributed by atoms with E-state index in [9.17, 15) is 4.39 Å². The Morgan fingerprint density at radius 3 is 2.62 bits per heavy atom. The van der Waals surface area contributed by atoms with Gasteiger partial charge in [-0.1, -0.05) is 30.5 Å². The zero-order chi connectivity index (χ0) is 11.7. The van der Waals surface area contributed by atoms with Crippen LogP contribution in [0.2, 0.25) is 5.02 Å². The van der Waals surface area contributed by atoms with Crippen molar-refractivity contribution in [3.8, 4) is 0 Å². The molecule has 1 atom stereocenters. The largest absolute Gasteiger partial charge is 0.324 e. The van der Waals surface area contributed by atoms with Crippen molar-refractivity contribution in [3.63, 3.8) is 0 Å². The van der Waals surface area contributed by atoms with Crippen LogP contribution in [0.25, 0.3) is 0 Å². The number of aryl methyl sites for hydroxylation is 1. The first-order valence-electron chi connectivity index (χ1n) is 5.80. The van der Waals surface area contributed by atoms with Crippen LogP contribution in [-0.2, 0) is 0 Å². The van der Waals surface area contributed by atoms with Crippen molar-refractivity contribution in [3.05, 3.63) is 34.1 Å². The molecule has 1 saturated carbocycles. The van der Waals surface area contributed by atoms with Crippen molar-refractivity contribution >= 4 is 11.6 Å². The summed E-state index contributed by atoms with van der Waals surface area (Å²) >= 11 is 6.05. The first kappa shape index (κ1) is 11.9. The molecule has 1 fully saturated rings. The predicted octanol–water partition coefficient (Wildman–Crippen LogP) is 3.98. The van der Waals surface area contributed by atoms with Gasteiger partial charge in [-0.3, -0.25) is 0 Å². The molecule has 0 bridgehead atoms. The van der Waals surface area contributed by atoms with Crippen LogP contribution >= 0.6 is 11.6 Å². The Kier molecular flexibility index (Phi) is 3.50. The van der Waals surface area contributed by atoms with Crippen LogP contribution in [0.4, 0.5) is 4.39 Å². The van der Waals surface area contributed by atoms with E-state index < -0.39 is 0 Å². The molecule has 3 heteroatoms. The summed E-state index contributed by atoms with van der Waals surface area (Å²) in [5, 5.41) is 0.461. The lowest BCUT2D eigenvalue weighted by Gasteiger charge is -2.21. The molecule has 0 aliphatic heterocycles. The first-order valence-corrected chi connectivity index (χ1v) is 6.18. The van der Waals surface area contributed by atoms with Crippen molar-refractivity contribution in [1.82, 2.24) is 0 Å². The molecular weight excluding hydrogens is 225 g/mol. The summed E-state index contributed by atoms with van der Waals surface area (Å²) in [5.41, 5.74) is 7.73. The minimum atomic E-state index is -0.257. The van der Waals surface area contributed by atoms with Crippen LogP contribution in [0.3, 0.4) is 0 Å². The second-order valence-electron chi connectivity index (χ2n) is 4.69. The van der Waals surface area contributed by atoms with Gasteiger partial charge in [0.25, 0.3) is 0 Å². The molecule has 88 valence electrons. The van der Waals surface area contributed by atoms with Gasteiger partial charge in [-0.05, 0) is 42.9 Å². The van der Waals surface area contributed by atoms with Crippen LogP contribution in [0.15, 0.2) is 12.1 Å². The number of nitrogens with two attached hydrogens (primary N) is 1. The normalized spacial score (nSPS) is 19.0. The number of hydrogen-bond donors (Lipinski definition) is 1. The molecule has 1 aromatic carbocycles. The molecular formula is C13H17ClFN. The van der Waals surface area contributed by atoms with E-state index >= 15 is 0 Å². The average Bonchev–Trinajstić information content (AvgIpc) is 2.75. The molecule has 0 heterocycles. The zero-order valence-corrected chi connectivity index (χ0v) is 10.2. The van der Waals surface area contributed by atoms with Crippen LogP contribution in [0, 0.1) is 18.7 Å². The average molecular weight is 242 g/mol. The van der Waals surface area contributed by atoms with E-state index in [0.717, 1.165) is 18.4 Å². The summed E-state index contributed by atoms with van der Waals surface area (Å²) in [6.07, 6.45) is 4.81.